The average Bonchev–Trinajstić information content (AvgIpc) is 2.43. The summed E-state index contributed by atoms with van der Waals surface area (Å²) in [6.45, 7) is 0.509. The molecule has 2 aromatic carbocycles. The van der Waals surface area contributed by atoms with Crippen molar-refractivity contribution in [3.8, 4) is 11.8 Å². The van der Waals surface area contributed by atoms with Gasteiger partial charge in [0.05, 0.1) is 18.7 Å². The summed E-state index contributed by atoms with van der Waals surface area (Å²) in [5, 5.41) is 13.3. The van der Waals surface area contributed by atoms with E-state index in [2.05, 4.69) is 11.4 Å². The largest absolute Gasteiger partial charge is 0.496 e. The molecule has 0 fully saturated rings. The zero-order chi connectivity index (χ0) is 14.5. The maximum absolute atomic E-state index is 8.94. The van der Waals surface area contributed by atoms with Crippen molar-refractivity contribution in [1.29, 1.82) is 5.26 Å². The second kappa shape index (κ2) is 6.51. The Morgan fingerprint density at radius 3 is 2.45 bits per heavy atom. The van der Waals surface area contributed by atoms with Gasteiger partial charge >= 0.3 is 0 Å². The van der Waals surface area contributed by atoms with Crippen molar-refractivity contribution in [2.75, 3.05) is 12.4 Å². The molecule has 0 aliphatic carbocycles. The molecule has 0 saturated carbocycles. The highest BCUT2D eigenvalue weighted by Crippen LogP contribution is 2.25. The van der Waals surface area contributed by atoms with Crippen LogP contribution in [0.4, 0.5) is 5.69 Å². The summed E-state index contributed by atoms with van der Waals surface area (Å²) in [5.74, 6) is 0.727. The molecule has 0 radical (unpaired) electrons. The number of anilines is 1. The number of benzene rings is 2. The van der Waals surface area contributed by atoms with Gasteiger partial charge in [0.2, 0.25) is 0 Å². The van der Waals surface area contributed by atoms with Crippen LogP contribution in [0.5, 0.6) is 5.75 Å². The molecule has 0 aromatic heterocycles. The van der Waals surface area contributed by atoms with Gasteiger partial charge in [-0.1, -0.05) is 23.2 Å². The number of hydrogen-bond acceptors (Lipinski definition) is 3. The SMILES string of the molecule is COc1ccc(C#N)cc1CNc1cc(Cl)cc(Cl)c1. The summed E-state index contributed by atoms with van der Waals surface area (Å²) < 4.78 is 5.28. The Morgan fingerprint density at radius 2 is 1.85 bits per heavy atom. The van der Waals surface area contributed by atoms with Crippen LogP contribution in [0.3, 0.4) is 0 Å². The number of halogens is 2. The number of hydrogen-bond donors (Lipinski definition) is 1. The first-order valence-corrected chi connectivity index (χ1v) is 6.65. The van der Waals surface area contributed by atoms with Crippen LogP contribution in [0.1, 0.15) is 11.1 Å². The molecular weight excluding hydrogens is 295 g/mol. The monoisotopic (exact) mass is 306 g/mol. The van der Waals surface area contributed by atoms with E-state index >= 15 is 0 Å². The first-order chi connectivity index (χ1) is 9.62. The number of nitriles is 1. The third-order valence-corrected chi connectivity index (χ3v) is 3.19. The Kier molecular flexibility index (Phi) is 4.73. The standard InChI is InChI=1S/C15H12Cl2N2O/c1-20-15-3-2-10(8-18)4-11(15)9-19-14-6-12(16)5-13(17)7-14/h2-7,19H,9H2,1H3. The highest BCUT2D eigenvalue weighted by atomic mass is 35.5. The van der Waals surface area contributed by atoms with Crippen molar-refractivity contribution in [2.45, 2.75) is 6.54 Å². The molecule has 0 bridgehead atoms. The van der Waals surface area contributed by atoms with Crippen molar-refractivity contribution < 1.29 is 4.74 Å². The number of nitrogens with zero attached hydrogens (tertiary/aromatic N) is 1. The predicted octanol–water partition coefficient (Wildman–Crippen LogP) is 4.49. The van der Waals surface area contributed by atoms with Crippen LogP contribution in [0.15, 0.2) is 36.4 Å². The van der Waals surface area contributed by atoms with Crippen LogP contribution >= 0.6 is 23.2 Å². The van der Waals surface area contributed by atoms with Gasteiger partial charge in [0.25, 0.3) is 0 Å². The summed E-state index contributed by atoms with van der Waals surface area (Å²) >= 11 is 11.9. The van der Waals surface area contributed by atoms with Crippen LogP contribution in [-0.4, -0.2) is 7.11 Å². The second-order valence-electron chi connectivity index (χ2n) is 4.15. The predicted molar refractivity (Wildman–Crippen MR) is 81.5 cm³/mol. The molecule has 0 aliphatic rings. The lowest BCUT2D eigenvalue weighted by Gasteiger charge is -2.11. The highest BCUT2D eigenvalue weighted by Gasteiger charge is 2.05. The maximum Gasteiger partial charge on any atom is 0.123 e. The normalized spacial score (nSPS) is 9.90. The van der Waals surface area contributed by atoms with E-state index in [4.69, 9.17) is 33.2 Å². The zero-order valence-corrected chi connectivity index (χ0v) is 12.3. The van der Waals surface area contributed by atoms with Gasteiger partial charge in [0.15, 0.2) is 0 Å². The van der Waals surface area contributed by atoms with E-state index in [-0.39, 0.29) is 0 Å². The van der Waals surface area contributed by atoms with Crippen LogP contribution < -0.4 is 10.1 Å². The number of ether oxygens (including phenoxy) is 1. The molecule has 1 N–H and O–H groups in total. The third kappa shape index (κ3) is 3.57. The molecule has 0 saturated heterocycles. The minimum atomic E-state index is 0.509. The first-order valence-electron chi connectivity index (χ1n) is 5.89. The summed E-state index contributed by atoms with van der Waals surface area (Å²) in [7, 11) is 1.60. The molecule has 0 amide bonds. The number of nitrogens with one attached hydrogen (secondary N) is 1. The lowest BCUT2D eigenvalue weighted by atomic mass is 10.1. The Labute approximate surface area is 127 Å². The molecule has 20 heavy (non-hydrogen) atoms. The van der Waals surface area contributed by atoms with Crippen LogP contribution in [-0.2, 0) is 6.54 Å². The van der Waals surface area contributed by atoms with Gasteiger partial charge in [0, 0.05) is 27.8 Å². The molecule has 2 rings (SSSR count). The molecule has 3 nitrogen and oxygen atoms in total. The Balaban J connectivity index is 2.19. The van der Waals surface area contributed by atoms with Gasteiger partial charge in [-0.15, -0.1) is 0 Å². The molecule has 0 atom stereocenters. The van der Waals surface area contributed by atoms with Crippen LogP contribution in [0.25, 0.3) is 0 Å². The fourth-order valence-electron chi connectivity index (χ4n) is 1.84. The quantitative estimate of drug-likeness (QED) is 0.905. The van der Waals surface area contributed by atoms with Gasteiger partial charge in [-0.05, 0) is 36.4 Å². The second-order valence-corrected chi connectivity index (χ2v) is 5.02. The van der Waals surface area contributed by atoms with Gasteiger partial charge in [-0.3, -0.25) is 0 Å². The Morgan fingerprint density at radius 1 is 1.15 bits per heavy atom. The fraction of sp³-hybridized carbons (Fsp3) is 0.133. The molecular formula is C15H12Cl2N2O. The van der Waals surface area contributed by atoms with Crippen LogP contribution in [0.2, 0.25) is 10.0 Å². The number of rotatable bonds is 4. The minimum Gasteiger partial charge on any atom is -0.496 e. The van der Waals surface area contributed by atoms with Gasteiger partial charge < -0.3 is 10.1 Å². The number of methoxy groups -OCH3 is 1. The summed E-state index contributed by atoms with van der Waals surface area (Å²) in [5.41, 5.74) is 2.29. The average molecular weight is 307 g/mol. The third-order valence-electron chi connectivity index (χ3n) is 2.76. The van der Waals surface area contributed by atoms with Crippen molar-refractivity contribution in [3.63, 3.8) is 0 Å². The lowest BCUT2D eigenvalue weighted by molar-refractivity contribution is 0.410. The van der Waals surface area contributed by atoms with Crippen LogP contribution in [0, 0.1) is 11.3 Å². The van der Waals surface area contributed by atoms with Gasteiger partial charge in [-0.25, -0.2) is 0 Å². The lowest BCUT2D eigenvalue weighted by Crippen LogP contribution is -2.02. The molecule has 0 heterocycles. The van der Waals surface area contributed by atoms with E-state index in [1.165, 1.54) is 0 Å². The highest BCUT2D eigenvalue weighted by molar-refractivity contribution is 6.35. The summed E-state index contributed by atoms with van der Waals surface area (Å²) in [4.78, 5) is 0. The molecule has 2 aromatic rings. The summed E-state index contributed by atoms with van der Waals surface area (Å²) in [6, 6.07) is 12.6. The van der Waals surface area contributed by atoms with E-state index in [1.807, 2.05) is 0 Å². The van der Waals surface area contributed by atoms with E-state index in [0.717, 1.165) is 17.0 Å². The Bertz CT molecular complexity index is 645. The fourth-order valence-corrected chi connectivity index (χ4v) is 2.37. The van der Waals surface area contributed by atoms with E-state index < -0.39 is 0 Å². The first kappa shape index (κ1) is 14.5. The maximum atomic E-state index is 8.94. The Hall–Kier alpha value is -1.89. The minimum absolute atomic E-state index is 0.509. The molecule has 0 spiro atoms. The van der Waals surface area contributed by atoms with Crippen molar-refractivity contribution in [3.05, 3.63) is 57.6 Å². The van der Waals surface area contributed by atoms with Gasteiger partial charge in [-0.2, -0.15) is 5.26 Å². The smallest absolute Gasteiger partial charge is 0.123 e. The van der Waals surface area contributed by atoms with Crippen molar-refractivity contribution in [1.82, 2.24) is 0 Å². The van der Waals surface area contributed by atoms with E-state index in [9.17, 15) is 0 Å². The molecule has 0 unspecified atom stereocenters. The van der Waals surface area contributed by atoms with Crippen molar-refractivity contribution in [2.24, 2.45) is 0 Å². The van der Waals surface area contributed by atoms with E-state index in [1.54, 1.807) is 43.5 Å². The topological polar surface area (TPSA) is 45.0 Å². The zero-order valence-electron chi connectivity index (χ0n) is 10.8. The van der Waals surface area contributed by atoms with E-state index in [0.29, 0.717) is 22.2 Å². The summed E-state index contributed by atoms with van der Waals surface area (Å²) in [6.07, 6.45) is 0. The molecule has 5 heteroatoms. The molecule has 0 aliphatic heterocycles. The van der Waals surface area contributed by atoms with Crippen molar-refractivity contribution >= 4 is 28.9 Å². The molecule has 102 valence electrons. The van der Waals surface area contributed by atoms with Gasteiger partial charge in [0.1, 0.15) is 5.75 Å².